The molecule has 2 rings (SSSR count). The lowest BCUT2D eigenvalue weighted by molar-refractivity contribution is -0.568. The van der Waals surface area contributed by atoms with Gasteiger partial charge in [-0.15, -0.1) is 0 Å². The Hall–Kier alpha value is -2.49. The van der Waals surface area contributed by atoms with Crippen molar-refractivity contribution >= 4 is 17.7 Å². The molecule has 0 aliphatic rings. The van der Waals surface area contributed by atoms with Crippen LogP contribution in [0.5, 0.6) is 0 Å². The van der Waals surface area contributed by atoms with Crippen molar-refractivity contribution < 1.29 is 13.8 Å². The van der Waals surface area contributed by atoms with Crippen molar-refractivity contribution in [2.45, 2.75) is 0 Å². The van der Waals surface area contributed by atoms with Crippen molar-refractivity contribution in [3.05, 3.63) is 66.2 Å². The summed E-state index contributed by atoms with van der Waals surface area (Å²) in [7, 11) is 3.93. The fraction of sp³-hybridized carbons (Fsp3) is 0.125. The largest absolute Gasteiger partial charge is 0.377 e. The summed E-state index contributed by atoms with van der Waals surface area (Å²) in [6.45, 7) is 0. The van der Waals surface area contributed by atoms with Crippen LogP contribution in [0.1, 0.15) is 10.4 Å². The van der Waals surface area contributed by atoms with Crippen molar-refractivity contribution in [2.24, 2.45) is 0 Å². The Morgan fingerprint density at radius 3 is 2.25 bits per heavy atom. The van der Waals surface area contributed by atoms with E-state index >= 15 is 0 Å². The third kappa shape index (κ3) is 3.51. The smallest absolute Gasteiger partial charge is 0.191 e. The molecular formula is C16H16FN2O+. The number of halogens is 1. The summed E-state index contributed by atoms with van der Waals surface area (Å²) in [6.07, 6.45) is 6.86. The zero-order chi connectivity index (χ0) is 14.5. The van der Waals surface area contributed by atoms with Gasteiger partial charge in [0.05, 0.1) is 6.08 Å². The van der Waals surface area contributed by atoms with Crippen molar-refractivity contribution in [3.8, 4) is 0 Å². The summed E-state index contributed by atoms with van der Waals surface area (Å²) in [5.74, 6) is -0.506. The van der Waals surface area contributed by atoms with Gasteiger partial charge in [-0.05, 0) is 24.3 Å². The molecule has 0 atom stereocenters. The quantitative estimate of drug-likeness (QED) is 0.485. The van der Waals surface area contributed by atoms with Crippen LogP contribution in [0.4, 0.5) is 10.1 Å². The average Bonchev–Trinajstić information content (AvgIpc) is 2.46. The maximum atomic E-state index is 12.8. The first-order valence-corrected chi connectivity index (χ1v) is 6.22. The lowest BCUT2D eigenvalue weighted by Gasteiger charge is -2.09. The molecule has 4 heteroatoms. The number of aromatic nitrogens is 1. The Morgan fingerprint density at radius 1 is 1.10 bits per heavy atom. The van der Waals surface area contributed by atoms with Gasteiger partial charge in [0.1, 0.15) is 5.82 Å². The Kier molecular flexibility index (Phi) is 4.25. The number of allylic oxidation sites excluding steroid dienone is 1. The molecule has 1 aromatic carbocycles. The minimum absolute atomic E-state index is 0.158. The molecule has 0 N–H and O–H groups in total. The molecule has 20 heavy (non-hydrogen) atoms. The van der Waals surface area contributed by atoms with Gasteiger partial charge in [-0.25, -0.2) is 4.39 Å². The molecule has 0 saturated carbocycles. The fourth-order valence-corrected chi connectivity index (χ4v) is 1.69. The number of hydrogen-bond acceptors (Lipinski definition) is 2. The van der Waals surface area contributed by atoms with Gasteiger partial charge in [-0.2, -0.15) is 4.57 Å². The van der Waals surface area contributed by atoms with E-state index in [0.29, 0.717) is 5.56 Å². The molecule has 0 radical (unpaired) electrons. The standard InChI is InChI=1S/C16H16FN2O/c1-18(2)15-7-10-19(11-8-15)12-9-16(20)13-3-5-14(17)6-4-13/h3-12H,1-2H3/q+1. The molecule has 1 heterocycles. The summed E-state index contributed by atoms with van der Waals surface area (Å²) in [5.41, 5.74) is 1.55. The maximum Gasteiger partial charge on any atom is 0.191 e. The van der Waals surface area contributed by atoms with Crippen molar-refractivity contribution in [1.82, 2.24) is 0 Å². The van der Waals surface area contributed by atoms with Gasteiger partial charge in [-0.1, -0.05) is 0 Å². The zero-order valence-electron chi connectivity index (χ0n) is 11.5. The molecule has 0 aliphatic heterocycles. The Morgan fingerprint density at radius 2 is 1.70 bits per heavy atom. The molecule has 0 saturated heterocycles. The number of carbonyl (C=O) groups is 1. The Bertz CT molecular complexity index is 616. The predicted molar refractivity (Wildman–Crippen MR) is 77.0 cm³/mol. The minimum Gasteiger partial charge on any atom is -0.377 e. The van der Waals surface area contributed by atoms with Crippen LogP contribution in [0.25, 0.3) is 6.20 Å². The molecule has 0 amide bonds. The fourth-order valence-electron chi connectivity index (χ4n) is 1.69. The predicted octanol–water partition coefficient (Wildman–Crippen LogP) is 2.53. The molecule has 0 aliphatic carbocycles. The summed E-state index contributed by atoms with van der Waals surface area (Å²) in [4.78, 5) is 13.9. The first-order valence-electron chi connectivity index (χ1n) is 6.22. The van der Waals surface area contributed by atoms with Crippen LogP contribution in [0.2, 0.25) is 0 Å². The average molecular weight is 271 g/mol. The van der Waals surface area contributed by atoms with E-state index in [4.69, 9.17) is 0 Å². The van der Waals surface area contributed by atoms with Crippen LogP contribution < -0.4 is 9.47 Å². The van der Waals surface area contributed by atoms with Crippen LogP contribution in [-0.4, -0.2) is 19.9 Å². The van der Waals surface area contributed by atoms with E-state index in [0.717, 1.165) is 5.69 Å². The highest BCUT2D eigenvalue weighted by atomic mass is 19.1. The molecule has 1 aromatic heterocycles. The summed E-state index contributed by atoms with van der Waals surface area (Å²) >= 11 is 0. The second-order valence-corrected chi connectivity index (χ2v) is 4.58. The highest BCUT2D eigenvalue weighted by Crippen LogP contribution is 2.06. The second-order valence-electron chi connectivity index (χ2n) is 4.58. The molecule has 0 spiro atoms. The monoisotopic (exact) mass is 271 g/mol. The van der Waals surface area contributed by atoms with Crippen LogP contribution in [0, 0.1) is 5.82 Å². The van der Waals surface area contributed by atoms with Crippen LogP contribution in [-0.2, 0) is 0 Å². The maximum absolute atomic E-state index is 12.8. The lowest BCUT2D eigenvalue weighted by Crippen LogP contribution is -2.25. The van der Waals surface area contributed by atoms with Gasteiger partial charge in [0.25, 0.3) is 0 Å². The number of nitrogens with zero attached hydrogens (tertiary/aromatic N) is 2. The normalized spacial score (nSPS) is 10.8. The van der Waals surface area contributed by atoms with Gasteiger partial charge in [0.15, 0.2) is 24.4 Å². The summed E-state index contributed by atoms with van der Waals surface area (Å²) in [6, 6.07) is 9.41. The number of ketones is 1. The van der Waals surface area contributed by atoms with Gasteiger partial charge >= 0.3 is 0 Å². The number of benzene rings is 1. The molecule has 0 unspecified atom stereocenters. The van der Waals surface area contributed by atoms with Crippen molar-refractivity contribution in [2.75, 3.05) is 19.0 Å². The van der Waals surface area contributed by atoms with E-state index in [2.05, 4.69) is 0 Å². The number of rotatable bonds is 4. The molecule has 0 bridgehead atoms. The molecular weight excluding hydrogens is 255 g/mol. The highest BCUT2D eigenvalue weighted by Gasteiger charge is 2.04. The van der Waals surface area contributed by atoms with Gasteiger partial charge in [0, 0.05) is 37.5 Å². The molecule has 102 valence electrons. The van der Waals surface area contributed by atoms with Crippen molar-refractivity contribution in [1.29, 1.82) is 0 Å². The van der Waals surface area contributed by atoms with Crippen LogP contribution >= 0.6 is 0 Å². The summed E-state index contributed by atoms with van der Waals surface area (Å²) in [5, 5.41) is 0. The third-order valence-electron chi connectivity index (χ3n) is 2.88. The van der Waals surface area contributed by atoms with Crippen LogP contribution in [0.15, 0.2) is 54.9 Å². The number of pyridine rings is 1. The Balaban J connectivity index is 2.08. The number of carbonyl (C=O) groups excluding carboxylic acids is 1. The van der Waals surface area contributed by atoms with E-state index < -0.39 is 0 Å². The van der Waals surface area contributed by atoms with Gasteiger partial charge in [-0.3, -0.25) is 4.79 Å². The molecule has 3 nitrogen and oxygen atoms in total. The molecule has 2 aromatic rings. The van der Waals surface area contributed by atoms with E-state index in [-0.39, 0.29) is 11.6 Å². The van der Waals surface area contributed by atoms with Crippen molar-refractivity contribution in [3.63, 3.8) is 0 Å². The first kappa shape index (κ1) is 13.9. The first-order chi connectivity index (χ1) is 9.56. The Labute approximate surface area is 117 Å². The topological polar surface area (TPSA) is 24.2 Å². The van der Waals surface area contributed by atoms with E-state index in [1.54, 1.807) is 10.8 Å². The van der Waals surface area contributed by atoms with E-state index in [1.165, 1.54) is 30.3 Å². The lowest BCUT2D eigenvalue weighted by atomic mass is 10.1. The summed E-state index contributed by atoms with van der Waals surface area (Å²) < 4.78 is 14.6. The number of hydrogen-bond donors (Lipinski definition) is 0. The second kappa shape index (κ2) is 6.10. The van der Waals surface area contributed by atoms with Crippen LogP contribution in [0.3, 0.4) is 0 Å². The third-order valence-corrected chi connectivity index (χ3v) is 2.88. The molecule has 0 fully saturated rings. The SMILES string of the molecule is CN(C)c1cc[n+](C=CC(=O)c2ccc(F)cc2)cc1. The van der Waals surface area contributed by atoms with Gasteiger partial charge < -0.3 is 4.90 Å². The highest BCUT2D eigenvalue weighted by molar-refractivity contribution is 6.05. The van der Waals surface area contributed by atoms with Gasteiger partial charge in [0.2, 0.25) is 0 Å². The van der Waals surface area contributed by atoms with E-state index in [1.807, 2.05) is 43.5 Å². The zero-order valence-corrected chi connectivity index (χ0v) is 11.5. The number of anilines is 1. The minimum atomic E-state index is -0.348. The van der Waals surface area contributed by atoms with E-state index in [9.17, 15) is 9.18 Å².